The highest BCUT2D eigenvalue weighted by Gasteiger charge is 2.46. The van der Waals surface area contributed by atoms with Gasteiger partial charge in [0.25, 0.3) is 0 Å². The van der Waals surface area contributed by atoms with Crippen LogP contribution < -0.4 is 20.5 Å². The Hall–Kier alpha value is -2.54. The van der Waals surface area contributed by atoms with Gasteiger partial charge in [-0.1, -0.05) is 0 Å². The Morgan fingerprint density at radius 3 is 2.63 bits per heavy atom. The number of hydrogen-bond acceptors (Lipinski definition) is 7. The molecule has 7 nitrogen and oxygen atoms in total. The Bertz CT molecular complexity index is 784. The summed E-state index contributed by atoms with van der Waals surface area (Å²) in [4.78, 5) is 8.53. The third-order valence-electron chi connectivity index (χ3n) is 5.19. The second-order valence-electron chi connectivity index (χ2n) is 7.32. The van der Waals surface area contributed by atoms with Crippen molar-refractivity contribution in [1.82, 2.24) is 9.97 Å². The van der Waals surface area contributed by atoms with E-state index in [9.17, 15) is 0 Å². The zero-order valence-electron chi connectivity index (χ0n) is 15.8. The van der Waals surface area contributed by atoms with E-state index < -0.39 is 0 Å². The van der Waals surface area contributed by atoms with Crippen LogP contribution in [0.2, 0.25) is 0 Å². The Balaban J connectivity index is 1.34. The molecule has 1 heterocycles. The summed E-state index contributed by atoms with van der Waals surface area (Å²) in [5.74, 6) is 4.06. The number of ether oxygens (including phenoxy) is 3. The van der Waals surface area contributed by atoms with Crippen molar-refractivity contribution in [3.63, 3.8) is 0 Å². The number of benzene rings is 1. The first-order valence-corrected chi connectivity index (χ1v) is 9.41. The maximum Gasteiger partial charge on any atom is 0.229 e. The third-order valence-corrected chi connectivity index (χ3v) is 5.19. The number of nitrogen functional groups attached to an aromatic ring is 1. The highest BCUT2D eigenvalue weighted by molar-refractivity contribution is 5.60. The standard InChI is InChI=1S/C20H26N4O3/c1-12-7-19(21)24-20(22-12)23-15-3-4-17(25-2)18(11-15)27-6-5-26-16-9-13-8-14(13)10-16/h3-4,7,11,13-14,16H,5-6,8-10H2,1-2H3,(H3,21,22,23,24). The molecule has 2 atom stereocenters. The molecule has 144 valence electrons. The molecule has 1 aromatic heterocycles. The Kier molecular flexibility index (Phi) is 5.03. The second-order valence-corrected chi connectivity index (χ2v) is 7.32. The van der Waals surface area contributed by atoms with Crippen molar-refractivity contribution in [2.45, 2.75) is 32.3 Å². The van der Waals surface area contributed by atoms with Gasteiger partial charge in [0.15, 0.2) is 11.5 Å². The van der Waals surface area contributed by atoms with E-state index in [0.29, 0.717) is 42.6 Å². The molecule has 2 unspecified atom stereocenters. The van der Waals surface area contributed by atoms with Crippen molar-refractivity contribution in [3.05, 3.63) is 30.0 Å². The number of fused-ring (bicyclic) bond motifs is 1. The molecule has 0 radical (unpaired) electrons. The lowest BCUT2D eigenvalue weighted by molar-refractivity contribution is 0.0307. The van der Waals surface area contributed by atoms with Crippen molar-refractivity contribution in [3.8, 4) is 11.5 Å². The minimum absolute atomic E-state index is 0.413. The smallest absolute Gasteiger partial charge is 0.229 e. The van der Waals surface area contributed by atoms with Gasteiger partial charge in [0.1, 0.15) is 12.4 Å². The predicted octanol–water partition coefficient (Wildman–Crippen LogP) is 3.31. The molecule has 2 aromatic rings. The van der Waals surface area contributed by atoms with Crippen LogP contribution in [-0.4, -0.2) is 36.4 Å². The van der Waals surface area contributed by atoms with Crippen LogP contribution in [0.4, 0.5) is 17.5 Å². The van der Waals surface area contributed by atoms with Gasteiger partial charge in [-0.15, -0.1) is 0 Å². The van der Waals surface area contributed by atoms with Crippen LogP contribution in [0.1, 0.15) is 25.0 Å². The number of hydrogen-bond donors (Lipinski definition) is 2. The fourth-order valence-electron chi connectivity index (χ4n) is 3.81. The van der Waals surface area contributed by atoms with Crippen molar-refractivity contribution < 1.29 is 14.2 Å². The largest absolute Gasteiger partial charge is 0.493 e. The maximum absolute atomic E-state index is 5.94. The molecule has 7 heteroatoms. The summed E-state index contributed by atoms with van der Waals surface area (Å²) in [7, 11) is 1.63. The highest BCUT2D eigenvalue weighted by atomic mass is 16.5. The fourth-order valence-corrected chi connectivity index (χ4v) is 3.81. The van der Waals surface area contributed by atoms with Crippen molar-refractivity contribution in [1.29, 1.82) is 0 Å². The van der Waals surface area contributed by atoms with Crippen LogP contribution in [0.25, 0.3) is 0 Å². The Labute approximate surface area is 159 Å². The molecule has 3 N–H and O–H groups in total. The molecule has 2 aliphatic carbocycles. The van der Waals surface area contributed by atoms with Gasteiger partial charge in [0, 0.05) is 23.5 Å². The molecular weight excluding hydrogens is 344 g/mol. The van der Waals surface area contributed by atoms with Crippen LogP contribution in [0.5, 0.6) is 11.5 Å². The number of aryl methyl sites for hydroxylation is 1. The van der Waals surface area contributed by atoms with Gasteiger partial charge in [-0.05, 0) is 50.2 Å². The number of aromatic nitrogens is 2. The number of nitrogens with two attached hydrogens (primary N) is 1. The zero-order chi connectivity index (χ0) is 18.8. The molecule has 0 aliphatic heterocycles. The van der Waals surface area contributed by atoms with E-state index in [2.05, 4.69) is 15.3 Å². The normalized spacial score (nSPS) is 23.0. The molecule has 2 fully saturated rings. The van der Waals surface area contributed by atoms with Crippen LogP contribution in [0.15, 0.2) is 24.3 Å². The molecule has 0 saturated heterocycles. The summed E-state index contributed by atoms with van der Waals surface area (Å²) in [5.41, 5.74) is 7.38. The van der Waals surface area contributed by atoms with Gasteiger partial charge in [-0.2, -0.15) is 4.98 Å². The van der Waals surface area contributed by atoms with Crippen LogP contribution >= 0.6 is 0 Å². The Morgan fingerprint density at radius 2 is 1.89 bits per heavy atom. The first kappa shape index (κ1) is 17.9. The van der Waals surface area contributed by atoms with Gasteiger partial charge >= 0.3 is 0 Å². The lowest BCUT2D eigenvalue weighted by Crippen LogP contribution is -2.15. The van der Waals surface area contributed by atoms with Gasteiger partial charge in [-0.3, -0.25) is 0 Å². The topological polar surface area (TPSA) is 91.5 Å². The number of methoxy groups -OCH3 is 1. The van der Waals surface area contributed by atoms with E-state index in [1.165, 1.54) is 19.3 Å². The third kappa shape index (κ3) is 4.42. The van der Waals surface area contributed by atoms with E-state index in [4.69, 9.17) is 19.9 Å². The lowest BCUT2D eigenvalue weighted by atomic mass is 10.2. The lowest BCUT2D eigenvalue weighted by Gasteiger charge is -2.16. The molecule has 0 amide bonds. The first-order chi connectivity index (χ1) is 13.1. The summed E-state index contributed by atoms with van der Waals surface area (Å²) in [5, 5.41) is 3.15. The van der Waals surface area contributed by atoms with Crippen molar-refractivity contribution in [2.75, 3.05) is 31.4 Å². The van der Waals surface area contributed by atoms with Crippen LogP contribution in [-0.2, 0) is 4.74 Å². The van der Waals surface area contributed by atoms with Gasteiger partial charge in [0.05, 0.1) is 19.8 Å². The first-order valence-electron chi connectivity index (χ1n) is 9.41. The molecule has 0 spiro atoms. The van der Waals surface area contributed by atoms with E-state index in [1.54, 1.807) is 13.2 Å². The predicted molar refractivity (Wildman–Crippen MR) is 104 cm³/mol. The SMILES string of the molecule is COc1ccc(Nc2nc(C)cc(N)n2)cc1OCCOC1CC2CC2C1. The summed E-state index contributed by atoms with van der Waals surface area (Å²) < 4.78 is 17.2. The average molecular weight is 370 g/mol. The fraction of sp³-hybridized carbons (Fsp3) is 0.500. The van der Waals surface area contributed by atoms with E-state index >= 15 is 0 Å². The molecular formula is C20H26N4O3. The summed E-state index contributed by atoms with van der Waals surface area (Å²) in [6, 6.07) is 7.32. The van der Waals surface area contributed by atoms with Crippen molar-refractivity contribution in [2.24, 2.45) is 11.8 Å². The van der Waals surface area contributed by atoms with Gasteiger partial charge < -0.3 is 25.3 Å². The summed E-state index contributed by atoms with van der Waals surface area (Å²) >= 11 is 0. The summed E-state index contributed by atoms with van der Waals surface area (Å²) in [6.07, 6.45) is 4.25. The monoisotopic (exact) mass is 370 g/mol. The molecule has 0 bridgehead atoms. The van der Waals surface area contributed by atoms with Gasteiger partial charge in [-0.25, -0.2) is 4.98 Å². The van der Waals surface area contributed by atoms with Crippen LogP contribution in [0, 0.1) is 18.8 Å². The molecule has 27 heavy (non-hydrogen) atoms. The molecule has 1 aromatic carbocycles. The molecule has 2 saturated carbocycles. The quantitative estimate of drug-likeness (QED) is 0.689. The number of nitrogens with zero attached hydrogens (tertiary/aromatic N) is 2. The minimum atomic E-state index is 0.413. The number of anilines is 3. The van der Waals surface area contributed by atoms with Crippen molar-refractivity contribution >= 4 is 17.5 Å². The number of rotatable bonds is 8. The van der Waals surface area contributed by atoms with E-state index in [0.717, 1.165) is 23.2 Å². The van der Waals surface area contributed by atoms with E-state index in [-0.39, 0.29) is 0 Å². The van der Waals surface area contributed by atoms with Crippen LogP contribution in [0.3, 0.4) is 0 Å². The second kappa shape index (κ2) is 7.60. The number of nitrogens with one attached hydrogen (secondary N) is 1. The van der Waals surface area contributed by atoms with E-state index in [1.807, 2.05) is 25.1 Å². The molecule has 4 rings (SSSR count). The highest BCUT2D eigenvalue weighted by Crippen LogP contribution is 2.52. The maximum atomic E-state index is 5.94. The zero-order valence-corrected chi connectivity index (χ0v) is 15.8. The minimum Gasteiger partial charge on any atom is -0.493 e. The molecule has 2 aliphatic rings. The summed E-state index contributed by atoms with van der Waals surface area (Å²) in [6.45, 7) is 2.95. The van der Waals surface area contributed by atoms with Gasteiger partial charge in [0.2, 0.25) is 5.95 Å². The average Bonchev–Trinajstić information content (AvgIpc) is 3.24. The Morgan fingerprint density at radius 1 is 1.07 bits per heavy atom.